The molecule has 0 heterocycles. The second-order valence-electron chi connectivity index (χ2n) is 4.49. The summed E-state index contributed by atoms with van der Waals surface area (Å²) in [5.74, 6) is -2.33. The highest BCUT2D eigenvalue weighted by Crippen LogP contribution is 2.16. The molecule has 0 aliphatic heterocycles. The van der Waals surface area contributed by atoms with Gasteiger partial charge in [0.1, 0.15) is 0 Å². The van der Waals surface area contributed by atoms with Gasteiger partial charge >= 0.3 is 11.9 Å². The van der Waals surface area contributed by atoms with Gasteiger partial charge in [0.2, 0.25) is 23.1 Å². The number of amides is 3. The summed E-state index contributed by atoms with van der Waals surface area (Å²) in [5.41, 5.74) is -1.72. The molecule has 0 aliphatic rings. The molecule has 0 radical (unpaired) electrons. The fourth-order valence-electron chi connectivity index (χ4n) is 1.20. The Kier molecular flexibility index (Phi) is 33.2. The molecule has 0 rings (SSSR count). The third-order valence-electron chi connectivity index (χ3n) is 2.85. The topological polar surface area (TPSA) is 140 Å². The van der Waals surface area contributed by atoms with Crippen molar-refractivity contribution in [2.24, 2.45) is 5.41 Å². The van der Waals surface area contributed by atoms with Gasteiger partial charge in [-0.2, -0.15) is 12.6 Å². The van der Waals surface area contributed by atoms with Crippen LogP contribution < -0.4 is 16.0 Å². The molecule has 0 unspecified atom stereocenters. The molecule has 10 nitrogen and oxygen atoms in total. The van der Waals surface area contributed by atoms with Crippen LogP contribution in [0.1, 0.15) is 41.0 Å². The van der Waals surface area contributed by atoms with Gasteiger partial charge in [0.15, 0.2) is 0 Å². The fourth-order valence-corrected chi connectivity index (χ4v) is 1.20. The number of hydrogen-bond donors (Lipinski definition) is 4. The summed E-state index contributed by atoms with van der Waals surface area (Å²) in [4.78, 5) is 53.8. The number of ether oxygens (including phenoxy) is 2. The van der Waals surface area contributed by atoms with E-state index in [1.54, 1.807) is 13.2 Å². The Balaban J connectivity index is -0.000000106. The van der Waals surface area contributed by atoms with E-state index >= 15 is 0 Å². The second kappa shape index (κ2) is 25.7. The first-order valence-electron chi connectivity index (χ1n) is 8.75. The third-order valence-corrected chi connectivity index (χ3v) is 2.85. The van der Waals surface area contributed by atoms with Gasteiger partial charge in [-0.1, -0.05) is 20.8 Å². The minimum atomic E-state index is -1.72. The molecule has 0 aliphatic carbocycles. The Morgan fingerprint density at radius 3 is 1.10 bits per heavy atom. The molecule has 0 aromatic carbocycles. The van der Waals surface area contributed by atoms with Crippen LogP contribution in [0.2, 0.25) is 0 Å². The van der Waals surface area contributed by atoms with Crippen LogP contribution in [-0.2, 0) is 33.4 Å². The number of methoxy groups -OCH3 is 2. The van der Waals surface area contributed by atoms with Crippen molar-refractivity contribution >= 4 is 42.3 Å². The number of rotatable bonds is 4. The quantitative estimate of drug-likeness (QED) is 0.284. The smallest absolute Gasteiger partial charge is 0.305 e. The lowest BCUT2D eigenvalue weighted by molar-refractivity contribution is -0.150. The monoisotopic (exact) mass is 441 g/mol. The molecular weight excluding hydrogens is 402 g/mol. The Labute approximate surface area is 180 Å². The van der Waals surface area contributed by atoms with Crippen molar-refractivity contribution in [2.45, 2.75) is 41.0 Å². The van der Waals surface area contributed by atoms with Crippen molar-refractivity contribution in [1.82, 2.24) is 16.0 Å². The molecule has 0 saturated heterocycles. The third kappa shape index (κ3) is 18.8. The van der Waals surface area contributed by atoms with Crippen LogP contribution in [0.5, 0.6) is 0 Å². The van der Waals surface area contributed by atoms with Gasteiger partial charge in [-0.25, -0.2) is 0 Å². The zero-order valence-corrected chi connectivity index (χ0v) is 20.4. The average Bonchev–Trinajstić information content (AvgIpc) is 2.79. The Morgan fingerprint density at radius 1 is 0.793 bits per heavy atom. The van der Waals surface area contributed by atoms with Crippen molar-refractivity contribution in [2.75, 3.05) is 41.6 Å². The fraction of sp³-hybridized carbons (Fsp3) is 0.722. The Morgan fingerprint density at radius 2 is 1.03 bits per heavy atom. The van der Waals surface area contributed by atoms with Gasteiger partial charge in [-0.05, 0) is 13.2 Å². The highest BCUT2D eigenvalue weighted by atomic mass is 32.1. The molecular formula is C18H39N3O7S. The van der Waals surface area contributed by atoms with Crippen molar-refractivity contribution < 1.29 is 33.4 Å². The maximum Gasteiger partial charge on any atom is 0.305 e. The van der Waals surface area contributed by atoms with Gasteiger partial charge in [-0.15, -0.1) is 0 Å². The van der Waals surface area contributed by atoms with E-state index in [1.165, 1.54) is 49.2 Å². The summed E-state index contributed by atoms with van der Waals surface area (Å²) in [5, 5.41) is 6.83. The van der Waals surface area contributed by atoms with Crippen LogP contribution in [-0.4, -0.2) is 71.3 Å². The van der Waals surface area contributed by atoms with Gasteiger partial charge in [0.25, 0.3) is 0 Å². The number of esters is 2. The maximum atomic E-state index is 11.4. The molecule has 0 aromatic rings. The molecule has 3 amide bonds. The first-order chi connectivity index (χ1) is 13.5. The number of carbonyl (C=O) groups excluding carboxylic acids is 5. The van der Waals surface area contributed by atoms with Crippen molar-refractivity contribution in [1.29, 1.82) is 0 Å². The SMILES string of the molecule is CC.CCC(=O)OC.CNC(=O)C(C)(C(=O)NC)C(=O)NC.COC(C)=O.CS. The van der Waals surface area contributed by atoms with Crippen molar-refractivity contribution in [3.8, 4) is 0 Å². The minimum absolute atomic E-state index is 0.157. The second-order valence-corrected chi connectivity index (χ2v) is 4.49. The van der Waals surface area contributed by atoms with E-state index in [9.17, 15) is 24.0 Å². The van der Waals surface area contributed by atoms with Crippen LogP contribution in [0.3, 0.4) is 0 Å². The van der Waals surface area contributed by atoms with E-state index in [0.29, 0.717) is 6.42 Å². The summed E-state index contributed by atoms with van der Waals surface area (Å²) in [6.07, 6.45) is 2.16. The largest absolute Gasteiger partial charge is 0.469 e. The molecule has 0 bridgehead atoms. The molecule has 0 fully saturated rings. The van der Waals surface area contributed by atoms with Crippen LogP contribution in [0.25, 0.3) is 0 Å². The summed E-state index contributed by atoms with van der Waals surface area (Å²) < 4.78 is 8.37. The van der Waals surface area contributed by atoms with Gasteiger partial charge < -0.3 is 25.4 Å². The zero-order chi connectivity index (χ0) is 24.6. The van der Waals surface area contributed by atoms with E-state index in [-0.39, 0.29) is 11.9 Å². The van der Waals surface area contributed by atoms with Crippen molar-refractivity contribution in [3.63, 3.8) is 0 Å². The lowest BCUT2D eigenvalue weighted by Crippen LogP contribution is -2.56. The average molecular weight is 442 g/mol. The molecule has 0 aromatic heterocycles. The van der Waals surface area contributed by atoms with E-state index in [0.717, 1.165) is 0 Å². The van der Waals surface area contributed by atoms with Crippen LogP contribution >= 0.6 is 12.6 Å². The van der Waals surface area contributed by atoms with Crippen LogP contribution in [0, 0.1) is 5.41 Å². The molecule has 3 N–H and O–H groups in total. The predicted octanol–water partition coefficient (Wildman–Crippen LogP) is 0.552. The molecule has 0 saturated carbocycles. The summed E-state index contributed by atoms with van der Waals surface area (Å²) in [6, 6.07) is 0. The van der Waals surface area contributed by atoms with Gasteiger partial charge in [0, 0.05) is 34.5 Å². The Bertz CT molecular complexity index is 426. The van der Waals surface area contributed by atoms with Crippen LogP contribution in [0.4, 0.5) is 0 Å². The summed E-state index contributed by atoms with van der Waals surface area (Å²) in [6.45, 7) is 8.38. The lowest BCUT2D eigenvalue weighted by Gasteiger charge is -2.23. The lowest BCUT2D eigenvalue weighted by atomic mass is 9.87. The molecule has 174 valence electrons. The highest BCUT2D eigenvalue weighted by molar-refractivity contribution is 7.79. The number of carbonyl (C=O) groups is 5. The van der Waals surface area contributed by atoms with Gasteiger partial charge in [-0.3, -0.25) is 24.0 Å². The first-order valence-corrected chi connectivity index (χ1v) is 9.65. The number of hydrogen-bond acceptors (Lipinski definition) is 8. The van der Waals surface area contributed by atoms with Crippen molar-refractivity contribution in [3.05, 3.63) is 0 Å². The summed E-state index contributed by atoms with van der Waals surface area (Å²) >= 11 is 3.53. The Hall–Kier alpha value is -2.30. The molecule has 11 heteroatoms. The number of thiol groups is 1. The van der Waals surface area contributed by atoms with Gasteiger partial charge in [0.05, 0.1) is 14.2 Å². The molecule has 29 heavy (non-hydrogen) atoms. The normalized spacial score (nSPS) is 8.14. The van der Waals surface area contributed by atoms with E-state index in [1.807, 2.05) is 13.8 Å². The highest BCUT2D eigenvalue weighted by Gasteiger charge is 2.46. The summed E-state index contributed by atoms with van der Waals surface area (Å²) in [7, 11) is 6.83. The number of nitrogens with one attached hydrogen (secondary N) is 3. The van der Waals surface area contributed by atoms with E-state index < -0.39 is 23.1 Å². The van der Waals surface area contributed by atoms with E-state index in [2.05, 4.69) is 38.1 Å². The van der Waals surface area contributed by atoms with Crippen LogP contribution in [0.15, 0.2) is 0 Å². The zero-order valence-electron chi connectivity index (χ0n) is 19.5. The first kappa shape index (κ1) is 37.5. The van der Waals surface area contributed by atoms with E-state index in [4.69, 9.17) is 0 Å². The minimum Gasteiger partial charge on any atom is -0.469 e. The molecule has 0 spiro atoms. The standard InChI is InChI=1S/C8H15N3O3.C4H8O2.C3H6O2.C2H6.CH4S/c1-8(5(12)9-2,6(13)10-3)7(14)11-4;1-3-4(5)6-2;1-3(4)5-2;2*1-2/h1-4H3,(H,9,12)(H,10,13)(H,11,14);3H2,1-2H3;1-2H3;1-2H3;2H,1H3. The predicted molar refractivity (Wildman–Crippen MR) is 117 cm³/mol. The maximum absolute atomic E-state index is 11.4. The molecule has 0 atom stereocenters.